The highest BCUT2D eigenvalue weighted by Crippen LogP contribution is 2.38. The first-order chi connectivity index (χ1) is 14.5. The Morgan fingerprint density at radius 3 is 2.87 bits per heavy atom. The van der Waals surface area contributed by atoms with E-state index in [4.69, 9.17) is 15.2 Å². The van der Waals surface area contributed by atoms with Crippen molar-refractivity contribution in [3.63, 3.8) is 0 Å². The van der Waals surface area contributed by atoms with Crippen LogP contribution in [-0.4, -0.2) is 45.1 Å². The fourth-order valence-corrected chi connectivity index (χ4v) is 4.12. The molecule has 0 aliphatic carbocycles. The Hall–Kier alpha value is -2.56. The molecule has 1 saturated heterocycles. The topological polar surface area (TPSA) is 105 Å². The third kappa shape index (κ3) is 4.56. The predicted octanol–water partition coefficient (Wildman–Crippen LogP) is 2.71. The lowest BCUT2D eigenvalue weighted by Gasteiger charge is -2.47. The maximum Gasteiger partial charge on any atom is 0.407 e. The predicted molar refractivity (Wildman–Crippen MR) is 108 cm³/mol. The van der Waals surface area contributed by atoms with Crippen molar-refractivity contribution in [2.75, 3.05) is 6.61 Å². The molecule has 10 heteroatoms. The molecule has 1 amide bonds. The van der Waals surface area contributed by atoms with Crippen molar-refractivity contribution >= 4 is 6.09 Å². The van der Waals surface area contributed by atoms with Gasteiger partial charge in [-0.3, -0.25) is 10.00 Å². The monoisotopic (exact) mass is 435 g/mol. The van der Waals surface area contributed by atoms with E-state index >= 15 is 0 Å². The van der Waals surface area contributed by atoms with Gasteiger partial charge in [0.15, 0.2) is 0 Å². The summed E-state index contributed by atoms with van der Waals surface area (Å²) in [7, 11) is 0. The Kier molecular flexibility index (Phi) is 5.48. The van der Waals surface area contributed by atoms with Crippen LogP contribution in [0.2, 0.25) is 0 Å². The van der Waals surface area contributed by atoms with Crippen LogP contribution in [0.4, 0.5) is 13.6 Å². The van der Waals surface area contributed by atoms with Crippen LogP contribution in [0.5, 0.6) is 0 Å². The number of aromatic amines is 1. The van der Waals surface area contributed by atoms with Gasteiger partial charge in [0.2, 0.25) is 0 Å². The van der Waals surface area contributed by atoms with Gasteiger partial charge in [-0.25, -0.2) is 13.6 Å². The number of benzene rings is 1. The molecule has 1 fully saturated rings. The van der Waals surface area contributed by atoms with Gasteiger partial charge in [0, 0.05) is 30.6 Å². The Bertz CT molecular complexity index is 956. The molecule has 4 rings (SSSR count). The number of hydrogen-bond donors (Lipinski definition) is 3. The van der Waals surface area contributed by atoms with Gasteiger partial charge >= 0.3 is 6.09 Å². The average Bonchev–Trinajstić information content (AvgIpc) is 3.25. The molecular weight excluding hydrogens is 408 g/mol. The summed E-state index contributed by atoms with van der Waals surface area (Å²) in [5.74, 6) is -1.21. The van der Waals surface area contributed by atoms with E-state index in [0.29, 0.717) is 13.1 Å². The molecule has 2 aliphatic heterocycles. The molecule has 0 bridgehead atoms. The van der Waals surface area contributed by atoms with Crippen molar-refractivity contribution in [2.24, 2.45) is 5.73 Å². The summed E-state index contributed by atoms with van der Waals surface area (Å²) in [5.41, 5.74) is 7.10. The van der Waals surface area contributed by atoms with E-state index in [1.807, 2.05) is 4.90 Å². The van der Waals surface area contributed by atoms with Crippen LogP contribution in [0.25, 0.3) is 0 Å². The second-order valence-corrected chi connectivity index (χ2v) is 9.19. The molecule has 1 aromatic carbocycles. The van der Waals surface area contributed by atoms with E-state index < -0.39 is 41.1 Å². The van der Waals surface area contributed by atoms with Crippen LogP contribution < -0.4 is 11.1 Å². The molecule has 2 aromatic rings. The van der Waals surface area contributed by atoms with Crippen LogP contribution in [-0.2, 0) is 22.6 Å². The van der Waals surface area contributed by atoms with Crippen molar-refractivity contribution in [2.45, 2.75) is 63.7 Å². The zero-order valence-electron chi connectivity index (χ0n) is 17.7. The molecule has 1 aromatic heterocycles. The lowest BCUT2D eigenvalue weighted by Crippen LogP contribution is -2.64. The fraction of sp³-hybridized carbons (Fsp3) is 0.524. The Morgan fingerprint density at radius 2 is 2.16 bits per heavy atom. The number of nitrogens with zero attached hydrogens (tertiary/aromatic N) is 2. The summed E-state index contributed by atoms with van der Waals surface area (Å²) in [6, 6.07) is 2.43. The first-order valence-electron chi connectivity index (χ1n) is 10.2. The van der Waals surface area contributed by atoms with Crippen LogP contribution in [0.3, 0.4) is 0 Å². The van der Waals surface area contributed by atoms with Gasteiger partial charge < -0.3 is 20.5 Å². The third-order valence-electron chi connectivity index (χ3n) is 5.57. The van der Waals surface area contributed by atoms with Gasteiger partial charge in [-0.05, 0) is 39.0 Å². The molecule has 0 radical (unpaired) electrons. The van der Waals surface area contributed by atoms with E-state index in [1.54, 1.807) is 27.0 Å². The molecule has 0 unspecified atom stereocenters. The SMILES string of the molecule is CC(C)(C)OC(=O)N[C@H]1C[C@@](N)(N2Cc3cn[nH]c3C2)CO[C@@H]1c1cc(F)ccc1F. The van der Waals surface area contributed by atoms with Crippen molar-refractivity contribution in [1.29, 1.82) is 0 Å². The minimum absolute atomic E-state index is 0.0268. The van der Waals surface area contributed by atoms with Gasteiger partial charge in [-0.1, -0.05) is 0 Å². The molecule has 168 valence electrons. The maximum absolute atomic E-state index is 14.5. The summed E-state index contributed by atoms with van der Waals surface area (Å²) < 4.78 is 39.7. The molecule has 3 atom stereocenters. The number of hydrogen-bond acceptors (Lipinski definition) is 6. The van der Waals surface area contributed by atoms with Gasteiger partial charge in [-0.2, -0.15) is 5.10 Å². The number of H-pyrrole nitrogens is 1. The summed E-state index contributed by atoms with van der Waals surface area (Å²) >= 11 is 0. The first kappa shape index (κ1) is 21.7. The molecule has 4 N–H and O–H groups in total. The smallest absolute Gasteiger partial charge is 0.407 e. The maximum atomic E-state index is 14.5. The number of carbonyl (C=O) groups excluding carboxylic acids is 1. The number of fused-ring (bicyclic) bond motifs is 1. The van der Waals surface area contributed by atoms with Crippen molar-refractivity contribution in [1.82, 2.24) is 20.4 Å². The number of halogens is 2. The van der Waals surface area contributed by atoms with Crippen molar-refractivity contribution in [3.8, 4) is 0 Å². The van der Waals surface area contributed by atoms with Gasteiger partial charge in [0.25, 0.3) is 0 Å². The van der Waals surface area contributed by atoms with Crippen LogP contribution >= 0.6 is 0 Å². The largest absolute Gasteiger partial charge is 0.444 e. The first-order valence-corrected chi connectivity index (χ1v) is 10.2. The number of amides is 1. The summed E-state index contributed by atoms with van der Waals surface area (Å²) in [4.78, 5) is 14.5. The second-order valence-electron chi connectivity index (χ2n) is 9.19. The van der Waals surface area contributed by atoms with E-state index in [1.165, 1.54) is 0 Å². The second kappa shape index (κ2) is 7.85. The minimum Gasteiger partial charge on any atom is -0.444 e. The van der Waals surface area contributed by atoms with Gasteiger partial charge in [-0.15, -0.1) is 0 Å². The number of nitrogens with one attached hydrogen (secondary N) is 2. The number of carbonyl (C=O) groups is 1. The zero-order chi connectivity index (χ0) is 22.4. The number of ether oxygens (including phenoxy) is 2. The Morgan fingerprint density at radius 1 is 1.39 bits per heavy atom. The Balaban J connectivity index is 1.59. The van der Waals surface area contributed by atoms with Crippen LogP contribution in [0.1, 0.15) is 50.1 Å². The number of nitrogens with two attached hydrogens (primary N) is 1. The number of alkyl carbamates (subject to hydrolysis) is 1. The van der Waals surface area contributed by atoms with Crippen molar-refractivity contribution in [3.05, 3.63) is 52.9 Å². The lowest BCUT2D eigenvalue weighted by molar-refractivity contribution is -0.109. The Labute approximate surface area is 179 Å². The molecule has 0 spiro atoms. The lowest BCUT2D eigenvalue weighted by atomic mass is 9.89. The molecule has 31 heavy (non-hydrogen) atoms. The van der Waals surface area contributed by atoms with Crippen molar-refractivity contribution < 1.29 is 23.0 Å². The molecule has 0 saturated carbocycles. The highest BCUT2D eigenvalue weighted by atomic mass is 19.1. The standard InChI is InChI=1S/C21H27F2N5O3/c1-20(2,3)31-19(29)26-16-7-21(24,28-9-12-8-25-27-17(12)10-28)11-30-18(16)14-6-13(22)4-5-15(14)23/h4-6,8,16,18H,7,9-11,24H2,1-3H3,(H,25,27)(H,26,29)/t16-,18+,21+/m0/s1. The summed E-state index contributed by atoms with van der Waals surface area (Å²) in [6.07, 6.45) is 0.416. The zero-order valence-corrected chi connectivity index (χ0v) is 17.7. The summed E-state index contributed by atoms with van der Waals surface area (Å²) in [5, 5.41) is 9.74. The number of aromatic nitrogens is 2. The quantitative estimate of drug-likeness (QED) is 0.685. The summed E-state index contributed by atoms with van der Waals surface area (Å²) in [6.45, 7) is 6.43. The molecule has 8 nitrogen and oxygen atoms in total. The van der Waals surface area contributed by atoms with Crippen LogP contribution in [0.15, 0.2) is 24.4 Å². The van der Waals surface area contributed by atoms with E-state index in [9.17, 15) is 13.6 Å². The molecule has 2 aliphatic rings. The normalized spacial score (nSPS) is 26.5. The fourth-order valence-electron chi connectivity index (χ4n) is 4.12. The highest BCUT2D eigenvalue weighted by Gasteiger charge is 2.47. The highest BCUT2D eigenvalue weighted by molar-refractivity contribution is 5.68. The average molecular weight is 435 g/mol. The van der Waals surface area contributed by atoms with Gasteiger partial charge in [0.05, 0.1) is 30.2 Å². The van der Waals surface area contributed by atoms with Gasteiger partial charge in [0.1, 0.15) is 23.3 Å². The molecular formula is C21H27F2N5O3. The van der Waals surface area contributed by atoms with E-state index in [2.05, 4.69) is 15.5 Å². The van der Waals surface area contributed by atoms with E-state index in [0.717, 1.165) is 29.5 Å². The minimum atomic E-state index is -0.931. The molecule has 3 heterocycles. The van der Waals surface area contributed by atoms with Crippen LogP contribution in [0, 0.1) is 11.6 Å². The third-order valence-corrected chi connectivity index (χ3v) is 5.57. The number of rotatable bonds is 3. The van der Waals surface area contributed by atoms with E-state index in [-0.39, 0.29) is 18.6 Å².